The molecule has 0 atom stereocenters. The van der Waals surface area contributed by atoms with Crippen molar-refractivity contribution in [2.45, 2.75) is 59.8 Å². The number of hydrogen-bond acceptors (Lipinski definition) is 0. The lowest BCUT2D eigenvalue weighted by Gasteiger charge is -2.24. The molecule has 0 aromatic heterocycles. The van der Waals surface area contributed by atoms with Crippen LogP contribution in [-0.2, 0) is 0 Å². The fraction of sp³-hybridized carbons (Fsp3) is 1.00. The van der Waals surface area contributed by atoms with Crippen molar-refractivity contribution in [3.05, 3.63) is 0 Å². The maximum atomic E-state index is 2.41. The van der Waals surface area contributed by atoms with Crippen LogP contribution in [0.3, 0.4) is 0 Å². The summed E-state index contributed by atoms with van der Waals surface area (Å²) < 4.78 is 0. The first-order valence-electron chi connectivity index (χ1n) is 4.91. The molecule has 1 aliphatic carbocycles. The van der Waals surface area contributed by atoms with Gasteiger partial charge in [-0.05, 0) is 36.5 Å². The largest absolute Gasteiger partial charge is 0.0599 e. The average Bonchev–Trinajstić information content (AvgIpc) is 1.92. The Bertz CT molecular complexity index is 115. The second-order valence-corrected chi connectivity index (χ2v) is 5.68. The van der Waals surface area contributed by atoms with Crippen molar-refractivity contribution >= 4 is 0 Å². The molecule has 0 radical (unpaired) electrons. The zero-order chi connectivity index (χ0) is 8.54. The Morgan fingerprint density at radius 1 is 0.636 bits per heavy atom. The van der Waals surface area contributed by atoms with E-state index in [2.05, 4.69) is 27.7 Å². The SMILES string of the molecule is CC1(C)CCCC(C)(C)CC1. The fourth-order valence-corrected chi connectivity index (χ4v) is 1.97. The fourth-order valence-electron chi connectivity index (χ4n) is 1.97. The summed E-state index contributed by atoms with van der Waals surface area (Å²) in [7, 11) is 0. The summed E-state index contributed by atoms with van der Waals surface area (Å²) in [5.74, 6) is 0. The van der Waals surface area contributed by atoms with Gasteiger partial charge >= 0.3 is 0 Å². The van der Waals surface area contributed by atoms with E-state index in [1.807, 2.05) is 0 Å². The third-order valence-corrected chi connectivity index (χ3v) is 3.19. The molecular formula is C11H22. The van der Waals surface area contributed by atoms with E-state index in [0.717, 1.165) is 0 Å². The van der Waals surface area contributed by atoms with Crippen molar-refractivity contribution in [1.29, 1.82) is 0 Å². The summed E-state index contributed by atoms with van der Waals surface area (Å²) in [5.41, 5.74) is 1.24. The molecule has 0 bridgehead atoms. The van der Waals surface area contributed by atoms with E-state index in [0.29, 0.717) is 10.8 Å². The lowest BCUT2D eigenvalue weighted by Crippen LogP contribution is -2.12. The number of rotatable bonds is 0. The van der Waals surface area contributed by atoms with Gasteiger partial charge < -0.3 is 0 Å². The molecule has 0 heteroatoms. The highest BCUT2D eigenvalue weighted by Gasteiger charge is 2.28. The van der Waals surface area contributed by atoms with Crippen molar-refractivity contribution in [2.75, 3.05) is 0 Å². The molecule has 1 rings (SSSR count). The van der Waals surface area contributed by atoms with Crippen LogP contribution in [0.2, 0.25) is 0 Å². The number of hydrogen-bond donors (Lipinski definition) is 0. The van der Waals surface area contributed by atoms with E-state index in [-0.39, 0.29) is 0 Å². The minimum absolute atomic E-state index is 0.619. The van der Waals surface area contributed by atoms with Crippen LogP contribution in [0.25, 0.3) is 0 Å². The van der Waals surface area contributed by atoms with Gasteiger partial charge in [-0.3, -0.25) is 0 Å². The van der Waals surface area contributed by atoms with Crippen molar-refractivity contribution in [1.82, 2.24) is 0 Å². The van der Waals surface area contributed by atoms with Gasteiger partial charge in [-0.15, -0.1) is 0 Å². The molecule has 1 fully saturated rings. The van der Waals surface area contributed by atoms with E-state index in [4.69, 9.17) is 0 Å². The molecule has 0 aromatic carbocycles. The third kappa shape index (κ3) is 2.84. The van der Waals surface area contributed by atoms with E-state index in [1.165, 1.54) is 32.1 Å². The van der Waals surface area contributed by atoms with Gasteiger partial charge in [0, 0.05) is 0 Å². The van der Waals surface area contributed by atoms with Crippen molar-refractivity contribution in [3.8, 4) is 0 Å². The van der Waals surface area contributed by atoms with Crippen LogP contribution < -0.4 is 0 Å². The van der Waals surface area contributed by atoms with Crippen molar-refractivity contribution in [2.24, 2.45) is 10.8 Å². The molecule has 1 aliphatic rings. The summed E-state index contributed by atoms with van der Waals surface area (Å²) in [6, 6.07) is 0. The summed E-state index contributed by atoms with van der Waals surface area (Å²) >= 11 is 0. The van der Waals surface area contributed by atoms with Crippen LogP contribution in [0.1, 0.15) is 59.8 Å². The van der Waals surface area contributed by atoms with Crippen LogP contribution in [0.15, 0.2) is 0 Å². The van der Waals surface area contributed by atoms with Crippen molar-refractivity contribution < 1.29 is 0 Å². The average molecular weight is 154 g/mol. The van der Waals surface area contributed by atoms with Crippen LogP contribution in [0.5, 0.6) is 0 Å². The predicted molar refractivity (Wildman–Crippen MR) is 50.6 cm³/mol. The van der Waals surface area contributed by atoms with E-state index >= 15 is 0 Å². The van der Waals surface area contributed by atoms with Gasteiger partial charge in [0.05, 0.1) is 0 Å². The molecule has 0 aromatic rings. The normalized spacial score (nSPS) is 29.5. The first kappa shape index (κ1) is 9.09. The maximum absolute atomic E-state index is 2.41. The summed E-state index contributed by atoms with van der Waals surface area (Å²) in [6.07, 6.45) is 7.12. The standard InChI is InChI=1S/C11H22/c1-10(2)6-5-7-11(3,4)9-8-10/h5-9H2,1-4H3. The molecule has 0 nitrogen and oxygen atoms in total. The first-order chi connectivity index (χ1) is 4.91. The Labute approximate surface area is 71.4 Å². The Hall–Kier alpha value is 0. The van der Waals surface area contributed by atoms with Crippen LogP contribution in [0.4, 0.5) is 0 Å². The molecule has 11 heavy (non-hydrogen) atoms. The van der Waals surface area contributed by atoms with E-state index < -0.39 is 0 Å². The van der Waals surface area contributed by atoms with Gasteiger partial charge in [0.1, 0.15) is 0 Å². The Kier molecular flexibility index (Phi) is 2.32. The molecule has 0 N–H and O–H groups in total. The third-order valence-electron chi connectivity index (χ3n) is 3.19. The minimum Gasteiger partial charge on any atom is -0.0599 e. The summed E-state index contributed by atoms with van der Waals surface area (Å²) in [6.45, 7) is 9.64. The second kappa shape index (κ2) is 2.80. The lowest BCUT2D eigenvalue weighted by molar-refractivity contribution is 0.275. The molecule has 0 heterocycles. The summed E-state index contributed by atoms with van der Waals surface area (Å²) in [4.78, 5) is 0. The molecule has 0 amide bonds. The highest BCUT2D eigenvalue weighted by atomic mass is 14.3. The molecule has 1 saturated carbocycles. The molecule has 66 valence electrons. The summed E-state index contributed by atoms with van der Waals surface area (Å²) in [5, 5.41) is 0. The zero-order valence-corrected chi connectivity index (χ0v) is 8.54. The van der Waals surface area contributed by atoms with E-state index in [1.54, 1.807) is 0 Å². The highest BCUT2D eigenvalue weighted by molar-refractivity contribution is 4.80. The van der Waals surface area contributed by atoms with E-state index in [9.17, 15) is 0 Å². The smallest absolute Gasteiger partial charge is 0.0354 e. The van der Waals surface area contributed by atoms with Gasteiger partial charge in [0.25, 0.3) is 0 Å². The highest BCUT2D eigenvalue weighted by Crippen LogP contribution is 2.41. The maximum Gasteiger partial charge on any atom is -0.0354 e. The Morgan fingerprint density at radius 2 is 1.00 bits per heavy atom. The molecule has 0 spiro atoms. The zero-order valence-electron chi connectivity index (χ0n) is 8.54. The Balaban J connectivity index is 2.53. The van der Waals surface area contributed by atoms with Crippen LogP contribution in [-0.4, -0.2) is 0 Å². The van der Waals surface area contributed by atoms with Gasteiger partial charge in [0.2, 0.25) is 0 Å². The van der Waals surface area contributed by atoms with Crippen molar-refractivity contribution in [3.63, 3.8) is 0 Å². The monoisotopic (exact) mass is 154 g/mol. The molecule has 0 saturated heterocycles. The van der Waals surface area contributed by atoms with Gasteiger partial charge in [-0.1, -0.05) is 34.1 Å². The van der Waals surface area contributed by atoms with Gasteiger partial charge in [0.15, 0.2) is 0 Å². The van der Waals surface area contributed by atoms with Gasteiger partial charge in [-0.2, -0.15) is 0 Å². The molecular weight excluding hydrogens is 132 g/mol. The van der Waals surface area contributed by atoms with Gasteiger partial charge in [-0.25, -0.2) is 0 Å². The second-order valence-electron chi connectivity index (χ2n) is 5.68. The minimum atomic E-state index is 0.619. The Morgan fingerprint density at radius 3 is 1.36 bits per heavy atom. The van der Waals surface area contributed by atoms with Crippen LogP contribution in [0, 0.1) is 10.8 Å². The molecule has 0 unspecified atom stereocenters. The van der Waals surface area contributed by atoms with Crippen LogP contribution >= 0.6 is 0 Å². The predicted octanol–water partition coefficient (Wildman–Crippen LogP) is 4.00. The topological polar surface area (TPSA) is 0 Å². The quantitative estimate of drug-likeness (QED) is 0.463. The molecule has 0 aliphatic heterocycles. The lowest BCUT2D eigenvalue weighted by atomic mass is 9.81. The first-order valence-corrected chi connectivity index (χ1v) is 4.91.